The summed E-state index contributed by atoms with van der Waals surface area (Å²) >= 11 is 0. The lowest BCUT2D eigenvalue weighted by atomic mass is 9.93. The Morgan fingerprint density at radius 3 is 2.59 bits per heavy atom. The number of likely N-dealkylation sites (tertiary alicyclic amines) is 1. The fourth-order valence-corrected chi connectivity index (χ4v) is 2.37. The number of carbonyl (C=O) groups excluding carboxylic acids is 1. The molecule has 0 aromatic carbocycles. The van der Waals surface area contributed by atoms with Crippen molar-refractivity contribution in [3.63, 3.8) is 0 Å². The van der Waals surface area contributed by atoms with Gasteiger partial charge in [0.1, 0.15) is 5.60 Å². The van der Waals surface area contributed by atoms with Gasteiger partial charge in [0.05, 0.1) is 12.2 Å². The number of piperidine rings is 1. The van der Waals surface area contributed by atoms with E-state index in [1.807, 2.05) is 39.1 Å². The Morgan fingerprint density at radius 1 is 1.36 bits per heavy atom. The van der Waals surface area contributed by atoms with E-state index in [9.17, 15) is 4.79 Å². The molecule has 0 N–H and O–H groups in total. The van der Waals surface area contributed by atoms with E-state index in [2.05, 4.69) is 11.9 Å². The number of aromatic nitrogens is 1. The van der Waals surface area contributed by atoms with Crippen molar-refractivity contribution in [2.24, 2.45) is 0 Å². The third-order valence-electron chi connectivity index (χ3n) is 3.78. The predicted molar refractivity (Wildman–Crippen MR) is 84.5 cm³/mol. The highest BCUT2D eigenvalue weighted by molar-refractivity contribution is 5.68. The lowest BCUT2D eigenvalue weighted by Gasteiger charge is -2.39. The molecule has 5 heteroatoms. The maximum absolute atomic E-state index is 12.1. The summed E-state index contributed by atoms with van der Waals surface area (Å²) < 4.78 is 11.5. The summed E-state index contributed by atoms with van der Waals surface area (Å²) in [5, 5.41) is 0. The molecule has 1 saturated heterocycles. The van der Waals surface area contributed by atoms with Gasteiger partial charge in [-0.1, -0.05) is 6.07 Å². The predicted octanol–water partition coefficient (Wildman–Crippen LogP) is 3.39. The lowest BCUT2D eigenvalue weighted by Crippen LogP contribution is -2.47. The zero-order chi connectivity index (χ0) is 16.2. The van der Waals surface area contributed by atoms with Crippen LogP contribution in [-0.4, -0.2) is 40.3 Å². The number of ether oxygens (including phenoxy) is 2. The van der Waals surface area contributed by atoms with Crippen molar-refractivity contribution < 1.29 is 14.3 Å². The van der Waals surface area contributed by atoms with Crippen LogP contribution in [0.25, 0.3) is 0 Å². The SMILES string of the molecule is CC(C)(C)OC(=O)N1CCC(C)(OCc2cccnc2)CC1. The maximum Gasteiger partial charge on any atom is 0.410 e. The Balaban J connectivity index is 1.81. The van der Waals surface area contributed by atoms with Gasteiger partial charge in [-0.3, -0.25) is 4.98 Å². The third-order valence-corrected chi connectivity index (χ3v) is 3.78. The second-order valence-corrected chi connectivity index (χ2v) is 7.07. The topological polar surface area (TPSA) is 51.7 Å². The minimum Gasteiger partial charge on any atom is -0.444 e. The molecule has 1 aromatic rings. The molecule has 22 heavy (non-hydrogen) atoms. The van der Waals surface area contributed by atoms with Gasteiger partial charge in [0.25, 0.3) is 0 Å². The average molecular weight is 306 g/mol. The molecule has 0 bridgehead atoms. The zero-order valence-corrected chi connectivity index (χ0v) is 14.0. The van der Waals surface area contributed by atoms with E-state index >= 15 is 0 Å². The number of amides is 1. The van der Waals surface area contributed by atoms with Gasteiger partial charge in [-0.15, -0.1) is 0 Å². The van der Waals surface area contributed by atoms with E-state index in [4.69, 9.17) is 9.47 Å². The molecule has 2 heterocycles. The van der Waals surface area contributed by atoms with Crippen molar-refractivity contribution in [3.05, 3.63) is 30.1 Å². The molecule has 1 aliphatic heterocycles. The van der Waals surface area contributed by atoms with Crippen LogP contribution in [0.1, 0.15) is 46.1 Å². The quantitative estimate of drug-likeness (QED) is 0.859. The van der Waals surface area contributed by atoms with E-state index in [0.717, 1.165) is 18.4 Å². The van der Waals surface area contributed by atoms with Crippen LogP contribution in [0.2, 0.25) is 0 Å². The van der Waals surface area contributed by atoms with Crippen LogP contribution < -0.4 is 0 Å². The first kappa shape index (κ1) is 16.7. The summed E-state index contributed by atoms with van der Waals surface area (Å²) in [6, 6.07) is 3.92. The monoisotopic (exact) mass is 306 g/mol. The first-order valence-electron chi connectivity index (χ1n) is 7.78. The van der Waals surface area contributed by atoms with Gasteiger partial charge in [0, 0.05) is 25.5 Å². The number of hydrogen-bond acceptors (Lipinski definition) is 4. The van der Waals surface area contributed by atoms with Crippen molar-refractivity contribution in [2.75, 3.05) is 13.1 Å². The lowest BCUT2D eigenvalue weighted by molar-refractivity contribution is -0.0812. The molecule has 0 saturated carbocycles. The highest BCUT2D eigenvalue weighted by Gasteiger charge is 2.34. The Labute approximate surface area is 132 Å². The van der Waals surface area contributed by atoms with Crippen LogP contribution in [0, 0.1) is 0 Å². The van der Waals surface area contributed by atoms with Crippen molar-refractivity contribution in [2.45, 2.75) is 58.3 Å². The van der Waals surface area contributed by atoms with Crippen LogP contribution in [0.3, 0.4) is 0 Å². The first-order valence-corrected chi connectivity index (χ1v) is 7.78. The summed E-state index contributed by atoms with van der Waals surface area (Å²) in [5.74, 6) is 0. The Morgan fingerprint density at radius 2 is 2.05 bits per heavy atom. The molecule has 1 fully saturated rings. The Kier molecular flexibility index (Phi) is 5.06. The molecule has 122 valence electrons. The zero-order valence-electron chi connectivity index (χ0n) is 14.0. The molecule has 1 aromatic heterocycles. The van der Waals surface area contributed by atoms with E-state index in [1.165, 1.54) is 0 Å². The Hall–Kier alpha value is -1.62. The highest BCUT2D eigenvalue weighted by atomic mass is 16.6. The van der Waals surface area contributed by atoms with E-state index in [0.29, 0.717) is 19.7 Å². The van der Waals surface area contributed by atoms with Gasteiger partial charge in [-0.05, 0) is 52.2 Å². The molecule has 1 amide bonds. The second-order valence-electron chi connectivity index (χ2n) is 7.07. The van der Waals surface area contributed by atoms with Gasteiger partial charge >= 0.3 is 6.09 Å². The summed E-state index contributed by atoms with van der Waals surface area (Å²) in [6.45, 7) is 9.64. The average Bonchev–Trinajstić information content (AvgIpc) is 2.45. The van der Waals surface area contributed by atoms with E-state index in [1.54, 1.807) is 11.1 Å². The molecule has 1 aliphatic rings. The van der Waals surface area contributed by atoms with Crippen LogP contribution in [0.4, 0.5) is 4.79 Å². The molecule has 5 nitrogen and oxygen atoms in total. The summed E-state index contributed by atoms with van der Waals surface area (Å²) in [6.07, 6.45) is 4.96. The summed E-state index contributed by atoms with van der Waals surface area (Å²) in [7, 11) is 0. The minimum absolute atomic E-state index is 0.200. The van der Waals surface area contributed by atoms with E-state index < -0.39 is 5.60 Å². The summed E-state index contributed by atoms with van der Waals surface area (Å²) in [5.41, 5.74) is 0.418. The molecule has 0 radical (unpaired) electrons. The van der Waals surface area contributed by atoms with Gasteiger partial charge in [-0.25, -0.2) is 4.79 Å². The van der Waals surface area contributed by atoms with Crippen LogP contribution in [0.5, 0.6) is 0 Å². The third kappa shape index (κ3) is 4.98. The highest BCUT2D eigenvalue weighted by Crippen LogP contribution is 2.27. The smallest absolute Gasteiger partial charge is 0.410 e. The van der Waals surface area contributed by atoms with E-state index in [-0.39, 0.29) is 11.7 Å². The molecular weight excluding hydrogens is 280 g/mol. The van der Waals surface area contributed by atoms with Crippen molar-refractivity contribution in [3.8, 4) is 0 Å². The van der Waals surface area contributed by atoms with Gasteiger partial charge in [0.2, 0.25) is 0 Å². The van der Waals surface area contributed by atoms with Crippen molar-refractivity contribution in [1.82, 2.24) is 9.88 Å². The number of hydrogen-bond donors (Lipinski definition) is 0. The fraction of sp³-hybridized carbons (Fsp3) is 0.647. The van der Waals surface area contributed by atoms with Gasteiger partial charge in [-0.2, -0.15) is 0 Å². The van der Waals surface area contributed by atoms with Crippen molar-refractivity contribution >= 4 is 6.09 Å². The standard InChI is InChI=1S/C17H26N2O3/c1-16(2,3)22-15(20)19-10-7-17(4,8-11-19)21-13-14-6-5-9-18-12-14/h5-6,9,12H,7-8,10-11,13H2,1-4H3. The number of rotatable bonds is 3. The number of carbonyl (C=O) groups is 1. The molecule has 0 atom stereocenters. The minimum atomic E-state index is -0.450. The summed E-state index contributed by atoms with van der Waals surface area (Å²) in [4.78, 5) is 17.9. The van der Waals surface area contributed by atoms with Crippen molar-refractivity contribution in [1.29, 1.82) is 0 Å². The molecule has 0 unspecified atom stereocenters. The van der Waals surface area contributed by atoms with Crippen LogP contribution >= 0.6 is 0 Å². The van der Waals surface area contributed by atoms with Gasteiger partial charge < -0.3 is 14.4 Å². The van der Waals surface area contributed by atoms with Crippen LogP contribution in [-0.2, 0) is 16.1 Å². The normalized spacial score (nSPS) is 18.1. The molecule has 0 spiro atoms. The number of pyridine rings is 1. The maximum atomic E-state index is 12.1. The van der Waals surface area contributed by atoms with Gasteiger partial charge in [0.15, 0.2) is 0 Å². The molecular formula is C17H26N2O3. The fourth-order valence-electron chi connectivity index (χ4n) is 2.37. The Bertz CT molecular complexity index is 488. The number of nitrogens with zero attached hydrogens (tertiary/aromatic N) is 2. The second kappa shape index (κ2) is 6.65. The first-order chi connectivity index (χ1) is 10.3. The van der Waals surface area contributed by atoms with Crippen LogP contribution in [0.15, 0.2) is 24.5 Å². The molecule has 2 rings (SSSR count). The molecule has 0 aliphatic carbocycles. The largest absolute Gasteiger partial charge is 0.444 e.